The topological polar surface area (TPSA) is 66.8 Å². The molecule has 0 saturated heterocycles. The number of carbonyl (C=O) groups excluding carboxylic acids is 1. The molecule has 0 aliphatic heterocycles. The number of hydrogen-bond donors (Lipinski definition) is 2. The van der Waals surface area contributed by atoms with E-state index in [0.29, 0.717) is 17.9 Å². The van der Waals surface area contributed by atoms with Crippen LogP contribution in [0, 0.1) is 34.5 Å². The van der Waals surface area contributed by atoms with Gasteiger partial charge in [0.15, 0.2) is 5.78 Å². The summed E-state index contributed by atoms with van der Waals surface area (Å²) in [6.07, 6.45) is 8.04. The fourth-order valence-corrected chi connectivity index (χ4v) is 7.96. The lowest BCUT2D eigenvalue weighted by Crippen LogP contribution is -2.60. The highest BCUT2D eigenvalue weighted by Crippen LogP contribution is 2.69. The van der Waals surface area contributed by atoms with E-state index in [1.165, 1.54) is 0 Å². The number of rotatable bonds is 3. The van der Waals surface area contributed by atoms with Crippen molar-refractivity contribution in [3.05, 3.63) is 66.5 Å². The zero-order valence-corrected chi connectivity index (χ0v) is 19.3. The molecule has 5 rings (SSSR count). The smallest absolute Gasteiger partial charge is 0.178 e. The van der Waals surface area contributed by atoms with Crippen molar-refractivity contribution in [3.8, 4) is 5.75 Å². The van der Waals surface area contributed by atoms with E-state index in [0.717, 1.165) is 24.8 Å². The molecule has 0 heterocycles. The van der Waals surface area contributed by atoms with Crippen molar-refractivity contribution < 1.29 is 19.7 Å². The molecule has 2 unspecified atom stereocenters. The standard InChI is InChI=1S/C28H34O4/c1-17-14-23-22-11-10-19-15-20(29)12-13-26(19,3)25(22)24(30)16-27(23,4)28(17,31)18(2)32-21-8-6-5-7-9-21/h5-9,12-13,15,17,22-25,30-31H,2,10-11,14,16H2,1,3-4H3/t17?,22-,23-,24?,25+,26-,27-,28-/m0/s1. The molecule has 4 aliphatic carbocycles. The van der Waals surface area contributed by atoms with Crippen LogP contribution < -0.4 is 4.74 Å². The van der Waals surface area contributed by atoms with Gasteiger partial charge in [-0.3, -0.25) is 4.79 Å². The first-order valence-electron chi connectivity index (χ1n) is 11.9. The third-order valence-corrected chi connectivity index (χ3v) is 9.49. The van der Waals surface area contributed by atoms with E-state index in [4.69, 9.17) is 4.74 Å². The van der Waals surface area contributed by atoms with E-state index in [9.17, 15) is 15.0 Å². The molecule has 4 aliphatic rings. The minimum absolute atomic E-state index is 0.0344. The van der Waals surface area contributed by atoms with Gasteiger partial charge in [0.2, 0.25) is 0 Å². The molecule has 0 spiro atoms. The molecule has 32 heavy (non-hydrogen) atoms. The van der Waals surface area contributed by atoms with Gasteiger partial charge < -0.3 is 14.9 Å². The molecule has 4 nitrogen and oxygen atoms in total. The van der Waals surface area contributed by atoms with Crippen LogP contribution in [0.25, 0.3) is 0 Å². The van der Waals surface area contributed by atoms with E-state index in [1.54, 1.807) is 12.2 Å². The molecule has 0 amide bonds. The highest BCUT2D eigenvalue weighted by molar-refractivity contribution is 6.01. The van der Waals surface area contributed by atoms with Crippen molar-refractivity contribution in [1.29, 1.82) is 0 Å². The van der Waals surface area contributed by atoms with Crippen molar-refractivity contribution in [2.24, 2.45) is 34.5 Å². The minimum atomic E-state index is -1.23. The quantitative estimate of drug-likeness (QED) is 0.669. The lowest BCUT2D eigenvalue weighted by molar-refractivity contribution is -0.164. The molecule has 3 saturated carbocycles. The number of ketones is 1. The predicted molar refractivity (Wildman–Crippen MR) is 124 cm³/mol. The molecule has 0 bridgehead atoms. The van der Waals surface area contributed by atoms with Crippen LogP contribution in [0.1, 0.15) is 46.5 Å². The Kier molecular flexibility index (Phi) is 4.85. The summed E-state index contributed by atoms with van der Waals surface area (Å²) in [4.78, 5) is 12.0. The molecule has 1 aromatic rings. The predicted octanol–water partition coefficient (Wildman–Crippen LogP) is 4.83. The average Bonchev–Trinajstić information content (AvgIpc) is 2.96. The van der Waals surface area contributed by atoms with Crippen LogP contribution >= 0.6 is 0 Å². The van der Waals surface area contributed by atoms with Gasteiger partial charge in [-0.1, -0.05) is 57.2 Å². The summed E-state index contributed by atoms with van der Waals surface area (Å²) in [7, 11) is 0. The Morgan fingerprint density at radius 1 is 1.22 bits per heavy atom. The summed E-state index contributed by atoms with van der Waals surface area (Å²) in [6.45, 7) is 10.6. The van der Waals surface area contributed by atoms with Crippen molar-refractivity contribution in [2.75, 3.05) is 0 Å². The summed E-state index contributed by atoms with van der Waals surface area (Å²) in [6, 6.07) is 9.47. The second kappa shape index (κ2) is 7.16. The van der Waals surface area contributed by atoms with Crippen molar-refractivity contribution >= 4 is 5.78 Å². The van der Waals surface area contributed by atoms with E-state index in [1.807, 2.05) is 36.4 Å². The highest BCUT2D eigenvalue weighted by atomic mass is 16.5. The lowest BCUT2D eigenvalue weighted by Gasteiger charge is -2.60. The number of para-hydroxylation sites is 1. The fraction of sp³-hybridized carbons (Fsp3) is 0.536. The normalized spacial score (nSPS) is 44.8. The van der Waals surface area contributed by atoms with Gasteiger partial charge in [-0.25, -0.2) is 0 Å². The van der Waals surface area contributed by atoms with Gasteiger partial charge in [0.05, 0.1) is 6.10 Å². The minimum Gasteiger partial charge on any atom is -0.459 e. The maximum atomic E-state index is 12.2. The third-order valence-electron chi connectivity index (χ3n) is 9.49. The van der Waals surface area contributed by atoms with Crippen LogP contribution in [0.5, 0.6) is 5.75 Å². The zero-order chi connectivity index (χ0) is 22.9. The Morgan fingerprint density at radius 2 is 1.94 bits per heavy atom. The molecular formula is C28H34O4. The maximum absolute atomic E-state index is 12.2. The Hall–Kier alpha value is -2.17. The van der Waals surface area contributed by atoms with Gasteiger partial charge in [-0.15, -0.1) is 0 Å². The number of hydrogen-bond acceptors (Lipinski definition) is 4. The number of aliphatic hydroxyl groups excluding tert-OH is 1. The van der Waals surface area contributed by atoms with E-state index >= 15 is 0 Å². The molecule has 3 fully saturated rings. The van der Waals surface area contributed by atoms with E-state index < -0.39 is 17.1 Å². The first kappa shape index (κ1) is 21.7. The number of allylic oxidation sites excluding steroid dienone is 4. The summed E-state index contributed by atoms with van der Waals surface area (Å²) >= 11 is 0. The number of ether oxygens (including phenoxy) is 1. The van der Waals surface area contributed by atoms with Crippen LogP contribution in [0.2, 0.25) is 0 Å². The number of aliphatic hydroxyl groups is 2. The van der Waals surface area contributed by atoms with Gasteiger partial charge in [0.25, 0.3) is 0 Å². The number of fused-ring (bicyclic) bond motifs is 5. The number of carbonyl (C=O) groups is 1. The molecule has 1 aromatic carbocycles. The first-order valence-corrected chi connectivity index (χ1v) is 11.9. The second-order valence-corrected chi connectivity index (χ2v) is 11.0. The third kappa shape index (κ3) is 2.78. The Labute approximate surface area is 190 Å². The van der Waals surface area contributed by atoms with Crippen molar-refractivity contribution in [2.45, 2.75) is 58.2 Å². The Bertz CT molecular complexity index is 1010. The zero-order valence-electron chi connectivity index (χ0n) is 19.3. The fourth-order valence-electron chi connectivity index (χ4n) is 7.96. The van der Waals surface area contributed by atoms with Crippen LogP contribution in [0.4, 0.5) is 0 Å². The Balaban J connectivity index is 1.50. The molecule has 0 aromatic heterocycles. The highest BCUT2D eigenvalue weighted by Gasteiger charge is 2.69. The van der Waals surface area contributed by atoms with Gasteiger partial charge in [-0.05, 0) is 67.7 Å². The van der Waals surface area contributed by atoms with Crippen molar-refractivity contribution in [3.63, 3.8) is 0 Å². The van der Waals surface area contributed by atoms with Gasteiger partial charge >= 0.3 is 0 Å². The maximum Gasteiger partial charge on any atom is 0.178 e. The van der Waals surface area contributed by atoms with Gasteiger partial charge in [0, 0.05) is 16.7 Å². The first-order chi connectivity index (χ1) is 15.1. The van der Waals surface area contributed by atoms with Crippen LogP contribution in [-0.4, -0.2) is 27.7 Å². The largest absolute Gasteiger partial charge is 0.459 e. The van der Waals surface area contributed by atoms with Crippen LogP contribution in [0.3, 0.4) is 0 Å². The molecule has 0 radical (unpaired) electrons. The van der Waals surface area contributed by atoms with Crippen LogP contribution in [-0.2, 0) is 4.79 Å². The SMILES string of the molecule is C=C(Oc1ccccc1)[C@@]1(O)C(C)C[C@H]2[C@@H]3CCC4=CC(=O)C=C[C@]4(C)[C@H]3C(O)C[C@@]21C. The molecule has 2 N–H and O–H groups in total. The van der Waals surface area contributed by atoms with Crippen LogP contribution in [0.15, 0.2) is 66.5 Å². The summed E-state index contributed by atoms with van der Waals surface area (Å²) in [5, 5.41) is 23.7. The summed E-state index contributed by atoms with van der Waals surface area (Å²) in [5.41, 5.74) is -0.925. The molecule has 4 heteroatoms. The lowest BCUT2D eigenvalue weighted by atomic mass is 9.46. The molecule has 170 valence electrons. The van der Waals surface area contributed by atoms with Gasteiger partial charge in [0.1, 0.15) is 17.1 Å². The number of benzene rings is 1. The Morgan fingerprint density at radius 3 is 2.66 bits per heavy atom. The molecular weight excluding hydrogens is 400 g/mol. The average molecular weight is 435 g/mol. The summed E-state index contributed by atoms with van der Waals surface area (Å²) < 4.78 is 6.09. The summed E-state index contributed by atoms with van der Waals surface area (Å²) in [5.74, 6) is 1.61. The van der Waals surface area contributed by atoms with Crippen molar-refractivity contribution in [1.82, 2.24) is 0 Å². The second-order valence-electron chi connectivity index (χ2n) is 11.0. The van der Waals surface area contributed by atoms with E-state index in [2.05, 4.69) is 27.4 Å². The van der Waals surface area contributed by atoms with E-state index in [-0.39, 0.29) is 34.9 Å². The molecule has 8 atom stereocenters. The monoisotopic (exact) mass is 434 g/mol. The van der Waals surface area contributed by atoms with Gasteiger partial charge in [-0.2, -0.15) is 0 Å².